The molecule has 1 fully saturated rings. The molecule has 1 saturated heterocycles. The lowest BCUT2D eigenvalue weighted by atomic mass is 9.96. The first-order valence-electron chi connectivity index (χ1n) is 5.67. The third-order valence-corrected chi connectivity index (χ3v) is 3.15. The third kappa shape index (κ3) is 2.20. The number of methoxy groups -OCH3 is 2. The summed E-state index contributed by atoms with van der Waals surface area (Å²) in [5.41, 5.74) is 1.68. The molecule has 17 heavy (non-hydrogen) atoms. The van der Waals surface area contributed by atoms with E-state index in [1.807, 2.05) is 12.1 Å². The Labute approximate surface area is 101 Å². The molecule has 1 aliphatic rings. The van der Waals surface area contributed by atoms with E-state index in [4.69, 9.17) is 14.7 Å². The number of hydrogen-bond acceptors (Lipinski definition) is 4. The van der Waals surface area contributed by atoms with Crippen LogP contribution in [0.25, 0.3) is 0 Å². The number of nitrogens with zero attached hydrogens (tertiary/aromatic N) is 1. The quantitative estimate of drug-likeness (QED) is 0.861. The van der Waals surface area contributed by atoms with Crippen LogP contribution in [-0.4, -0.2) is 27.3 Å². The van der Waals surface area contributed by atoms with Crippen molar-refractivity contribution in [3.8, 4) is 17.6 Å². The summed E-state index contributed by atoms with van der Waals surface area (Å²) in [6.45, 7) is 1.99. The van der Waals surface area contributed by atoms with Crippen molar-refractivity contribution < 1.29 is 9.47 Å². The van der Waals surface area contributed by atoms with Crippen LogP contribution in [0, 0.1) is 11.3 Å². The summed E-state index contributed by atoms with van der Waals surface area (Å²) >= 11 is 0. The third-order valence-electron chi connectivity index (χ3n) is 3.15. The van der Waals surface area contributed by atoms with Crippen molar-refractivity contribution in [1.29, 1.82) is 5.26 Å². The molecule has 2 rings (SSSR count). The van der Waals surface area contributed by atoms with Gasteiger partial charge >= 0.3 is 0 Å². The lowest BCUT2D eigenvalue weighted by Crippen LogP contribution is -2.08. The predicted octanol–water partition coefficient (Wildman–Crippen LogP) is 1.65. The van der Waals surface area contributed by atoms with Crippen molar-refractivity contribution in [3.05, 3.63) is 23.3 Å². The van der Waals surface area contributed by atoms with Crippen LogP contribution in [0.15, 0.2) is 12.1 Å². The smallest absolute Gasteiger partial charge is 0.178 e. The molecule has 1 unspecified atom stereocenters. The first kappa shape index (κ1) is 11.7. The van der Waals surface area contributed by atoms with Crippen molar-refractivity contribution in [2.45, 2.75) is 12.3 Å². The van der Waals surface area contributed by atoms with E-state index in [0.717, 1.165) is 25.1 Å². The van der Waals surface area contributed by atoms with E-state index in [-0.39, 0.29) is 0 Å². The van der Waals surface area contributed by atoms with E-state index in [1.165, 1.54) is 0 Å². The topological polar surface area (TPSA) is 54.3 Å². The second-order valence-electron chi connectivity index (χ2n) is 4.11. The van der Waals surface area contributed by atoms with Crippen LogP contribution >= 0.6 is 0 Å². The van der Waals surface area contributed by atoms with Gasteiger partial charge in [-0.05, 0) is 36.6 Å². The first-order chi connectivity index (χ1) is 8.30. The zero-order valence-electron chi connectivity index (χ0n) is 10.1. The second-order valence-corrected chi connectivity index (χ2v) is 4.11. The molecule has 4 nitrogen and oxygen atoms in total. The summed E-state index contributed by atoms with van der Waals surface area (Å²) in [5.74, 6) is 1.61. The minimum atomic E-state index is 0.460. The SMILES string of the molecule is COc1cc(C2CCNC2)cc(C#N)c1OC. The fourth-order valence-electron chi connectivity index (χ4n) is 2.24. The monoisotopic (exact) mass is 232 g/mol. The fourth-order valence-corrected chi connectivity index (χ4v) is 2.24. The average Bonchev–Trinajstić information content (AvgIpc) is 2.90. The van der Waals surface area contributed by atoms with E-state index in [2.05, 4.69) is 11.4 Å². The fraction of sp³-hybridized carbons (Fsp3) is 0.462. The van der Waals surface area contributed by atoms with Gasteiger partial charge in [0, 0.05) is 6.54 Å². The van der Waals surface area contributed by atoms with E-state index in [0.29, 0.717) is 23.0 Å². The zero-order valence-corrected chi connectivity index (χ0v) is 10.1. The van der Waals surface area contributed by atoms with Gasteiger partial charge in [-0.15, -0.1) is 0 Å². The maximum atomic E-state index is 9.14. The minimum absolute atomic E-state index is 0.460. The summed E-state index contributed by atoms with van der Waals surface area (Å²) in [4.78, 5) is 0. The van der Waals surface area contributed by atoms with E-state index < -0.39 is 0 Å². The van der Waals surface area contributed by atoms with E-state index >= 15 is 0 Å². The molecule has 90 valence electrons. The van der Waals surface area contributed by atoms with Gasteiger partial charge in [0.15, 0.2) is 11.5 Å². The summed E-state index contributed by atoms with van der Waals surface area (Å²) in [6.07, 6.45) is 1.10. The lowest BCUT2D eigenvalue weighted by Gasteiger charge is -2.14. The van der Waals surface area contributed by atoms with Gasteiger partial charge in [0.25, 0.3) is 0 Å². The van der Waals surface area contributed by atoms with Crippen LogP contribution in [0.1, 0.15) is 23.5 Å². The number of rotatable bonds is 3. The molecule has 0 amide bonds. The molecule has 1 N–H and O–H groups in total. The van der Waals surface area contributed by atoms with E-state index in [9.17, 15) is 0 Å². The number of hydrogen-bond donors (Lipinski definition) is 1. The van der Waals surface area contributed by atoms with Gasteiger partial charge in [0.1, 0.15) is 6.07 Å². The molecule has 4 heteroatoms. The Morgan fingerprint density at radius 3 is 2.71 bits per heavy atom. The molecular weight excluding hydrogens is 216 g/mol. The van der Waals surface area contributed by atoms with Gasteiger partial charge < -0.3 is 14.8 Å². The molecule has 1 aromatic rings. The Balaban J connectivity index is 2.45. The number of ether oxygens (including phenoxy) is 2. The van der Waals surface area contributed by atoms with Crippen LogP contribution in [0.4, 0.5) is 0 Å². The molecule has 1 heterocycles. The number of benzene rings is 1. The largest absolute Gasteiger partial charge is 0.493 e. The van der Waals surface area contributed by atoms with Crippen LogP contribution in [-0.2, 0) is 0 Å². The molecule has 0 aromatic heterocycles. The van der Waals surface area contributed by atoms with Gasteiger partial charge in [-0.3, -0.25) is 0 Å². The van der Waals surface area contributed by atoms with Crippen molar-refractivity contribution in [1.82, 2.24) is 5.32 Å². The average molecular weight is 232 g/mol. The molecule has 0 aliphatic carbocycles. The Morgan fingerprint density at radius 2 is 2.18 bits per heavy atom. The summed E-state index contributed by atoms with van der Waals surface area (Å²) < 4.78 is 10.5. The van der Waals surface area contributed by atoms with Crippen molar-refractivity contribution in [2.24, 2.45) is 0 Å². The maximum absolute atomic E-state index is 9.14. The highest BCUT2D eigenvalue weighted by Gasteiger charge is 2.20. The maximum Gasteiger partial charge on any atom is 0.178 e. The van der Waals surface area contributed by atoms with Crippen molar-refractivity contribution in [2.75, 3.05) is 27.3 Å². The first-order valence-corrected chi connectivity index (χ1v) is 5.67. The second kappa shape index (κ2) is 5.07. The van der Waals surface area contributed by atoms with Gasteiger partial charge in [0.2, 0.25) is 0 Å². The molecule has 0 spiro atoms. The van der Waals surface area contributed by atoms with Crippen LogP contribution in [0.3, 0.4) is 0 Å². The Morgan fingerprint density at radius 1 is 1.35 bits per heavy atom. The summed E-state index contributed by atoms with van der Waals surface area (Å²) in [5, 5.41) is 12.5. The van der Waals surface area contributed by atoms with Gasteiger partial charge in [-0.1, -0.05) is 0 Å². The van der Waals surface area contributed by atoms with Crippen molar-refractivity contribution >= 4 is 0 Å². The molecule has 1 aromatic carbocycles. The van der Waals surface area contributed by atoms with Crippen LogP contribution in [0.2, 0.25) is 0 Å². The molecular formula is C13H16N2O2. The Hall–Kier alpha value is -1.73. The zero-order chi connectivity index (χ0) is 12.3. The summed E-state index contributed by atoms with van der Waals surface area (Å²) in [6, 6.07) is 6.03. The molecule has 1 aliphatic heterocycles. The van der Waals surface area contributed by atoms with Gasteiger partial charge in [-0.2, -0.15) is 5.26 Å². The molecule has 0 bridgehead atoms. The minimum Gasteiger partial charge on any atom is -0.493 e. The molecule has 0 saturated carbocycles. The molecule has 0 radical (unpaired) electrons. The highest BCUT2D eigenvalue weighted by Crippen LogP contribution is 2.35. The van der Waals surface area contributed by atoms with Crippen LogP contribution < -0.4 is 14.8 Å². The van der Waals surface area contributed by atoms with Crippen LogP contribution in [0.5, 0.6) is 11.5 Å². The Bertz CT molecular complexity index is 445. The molecule has 1 atom stereocenters. The number of nitriles is 1. The summed E-state index contributed by atoms with van der Waals surface area (Å²) in [7, 11) is 3.14. The van der Waals surface area contributed by atoms with Crippen molar-refractivity contribution in [3.63, 3.8) is 0 Å². The highest BCUT2D eigenvalue weighted by atomic mass is 16.5. The predicted molar refractivity (Wildman–Crippen MR) is 64.5 cm³/mol. The normalized spacial score (nSPS) is 18.8. The lowest BCUT2D eigenvalue weighted by molar-refractivity contribution is 0.353. The Kier molecular flexibility index (Phi) is 3.50. The van der Waals surface area contributed by atoms with Gasteiger partial charge in [0.05, 0.1) is 19.8 Å². The number of nitrogens with one attached hydrogen (secondary N) is 1. The standard InChI is InChI=1S/C13H16N2O2/c1-16-12-6-10(9-3-4-15-8-9)5-11(7-14)13(12)17-2/h5-6,9,15H,3-4,8H2,1-2H3. The van der Waals surface area contributed by atoms with E-state index in [1.54, 1.807) is 14.2 Å². The highest BCUT2D eigenvalue weighted by molar-refractivity contribution is 5.55. The van der Waals surface area contributed by atoms with Gasteiger partial charge in [-0.25, -0.2) is 0 Å².